The van der Waals surface area contributed by atoms with Gasteiger partial charge in [0.25, 0.3) is 5.91 Å². The van der Waals surface area contributed by atoms with Crippen LogP contribution in [-0.2, 0) is 14.3 Å². The fourth-order valence-corrected chi connectivity index (χ4v) is 3.46. The second-order valence-corrected chi connectivity index (χ2v) is 6.69. The van der Waals surface area contributed by atoms with Crippen molar-refractivity contribution < 1.29 is 19.1 Å². The molecule has 1 spiro atoms. The molecule has 1 heterocycles. The van der Waals surface area contributed by atoms with Crippen molar-refractivity contribution in [3.8, 4) is 0 Å². The number of rotatable bonds is 5. The van der Waals surface area contributed by atoms with E-state index in [0.717, 1.165) is 32.4 Å². The van der Waals surface area contributed by atoms with Gasteiger partial charge in [0.15, 0.2) is 0 Å². The third kappa shape index (κ3) is 3.99. The molecule has 2 amide bonds. The van der Waals surface area contributed by atoms with Gasteiger partial charge < -0.3 is 20.7 Å². The Morgan fingerprint density at radius 2 is 1.88 bits per heavy atom. The molecule has 1 aliphatic heterocycles. The Bertz CT molecular complexity index is 665. The van der Waals surface area contributed by atoms with E-state index in [1.807, 2.05) is 0 Å². The van der Waals surface area contributed by atoms with E-state index in [9.17, 15) is 14.4 Å². The first-order valence-electron chi connectivity index (χ1n) is 8.51. The third-order valence-corrected chi connectivity index (χ3v) is 5.14. The SMILES string of the molecule is COC(=O)CNC(=O)c1ccc(NC(=O)C2CC23CCNCC3)cc1. The topological polar surface area (TPSA) is 96.5 Å². The Labute approximate surface area is 146 Å². The molecule has 7 heteroatoms. The first-order chi connectivity index (χ1) is 12.0. The molecule has 134 valence electrons. The first kappa shape index (κ1) is 17.4. The van der Waals surface area contributed by atoms with E-state index in [0.29, 0.717) is 11.3 Å². The summed E-state index contributed by atoms with van der Waals surface area (Å²) in [5.41, 5.74) is 1.29. The summed E-state index contributed by atoms with van der Waals surface area (Å²) in [6.45, 7) is 1.80. The minimum atomic E-state index is -0.506. The van der Waals surface area contributed by atoms with E-state index >= 15 is 0 Å². The quantitative estimate of drug-likeness (QED) is 0.690. The Balaban J connectivity index is 1.52. The van der Waals surface area contributed by atoms with E-state index in [1.54, 1.807) is 24.3 Å². The molecule has 3 rings (SSSR count). The van der Waals surface area contributed by atoms with Crippen LogP contribution >= 0.6 is 0 Å². The highest BCUT2D eigenvalue weighted by Crippen LogP contribution is 2.58. The zero-order chi connectivity index (χ0) is 17.9. The van der Waals surface area contributed by atoms with Gasteiger partial charge in [0.2, 0.25) is 5.91 Å². The fraction of sp³-hybridized carbons (Fsp3) is 0.500. The molecule has 2 fully saturated rings. The van der Waals surface area contributed by atoms with E-state index in [1.165, 1.54) is 7.11 Å². The Hall–Kier alpha value is -2.41. The number of nitrogens with one attached hydrogen (secondary N) is 3. The zero-order valence-electron chi connectivity index (χ0n) is 14.3. The molecule has 1 saturated carbocycles. The molecular weight excluding hydrogens is 322 g/mol. The van der Waals surface area contributed by atoms with Crippen molar-refractivity contribution in [2.45, 2.75) is 19.3 Å². The number of carbonyl (C=O) groups excluding carboxylic acids is 3. The molecular formula is C18H23N3O4. The molecule has 0 aromatic heterocycles. The number of benzene rings is 1. The number of methoxy groups -OCH3 is 1. The highest BCUT2D eigenvalue weighted by molar-refractivity contribution is 5.98. The molecule has 1 unspecified atom stereocenters. The molecule has 1 aromatic rings. The normalized spacial score (nSPS) is 20.6. The van der Waals surface area contributed by atoms with Crippen LogP contribution in [0, 0.1) is 11.3 Å². The number of hydrogen-bond donors (Lipinski definition) is 3. The lowest BCUT2D eigenvalue weighted by Crippen LogP contribution is -2.31. The fourth-order valence-electron chi connectivity index (χ4n) is 3.46. The summed E-state index contributed by atoms with van der Waals surface area (Å²) in [6.07, 6.45) is 3.09. The number of esters is 1. The van der Waals surface area contributed by atoms with Crippen molar-refractivity contribution in [3.63, 3.8) is 0 Å². The van der Waals surface area contributed by atoms with Crippen LogP contribution in [0.5, 0.6) is 0 Å². The van der Waals surface area contributed by atoms with Gasteiger partial charge in [-0.1, -0.05) is 0 Å². The maximum absolute atomic E-state index is 12.4. The summed E-state index contributed by atoms with van der Waals surface area (Å²) in [7, 11) is 1.26. The lowest BCUT2D eigenvalue weighted by atomic mass is 9.92. The molecule has 1 aromatic carbocycles. The highest BCUT2D eigenvalue weighted by Gasteiger charge is 2.57. The summed E-state index contributed by atoms with van der Waals surface area (Å²) >= 11 is 0. The predicted molar refractivity (Wildman–Crippen MR) is 92.1 cm³/mol. The Morgan fingerprint density at radius 1 is 1.20 bits per heavy atom. The summed E-state index contributed by atoms with van der Waals surface area (Å²) in [5.74, 6) is -0.713. The van der Waals surface area contributed by atoms with Crippen LogP contribution in [-0.4, -0.2) is 44.5 Å². The van der Waals surface area contributed by atoms with Crippen LogP contribution < -0.4 is 16.0 Å². The van der Waals surface area contributed by atoms with Crippen LogP contribution in [0.3, 0.4) is 0 Å². The van der Waals surface area contributed by atoms with Crippen molar-refractivity contribution in [2.24, 2.45) is 11.3 Å². The molecule has 25 heavy (non-hydrogen) atoms. The average molecular weight is 345 g/mol. The highest BCUT2D eigenvalue weighted by atomic mass is 16.5. The van der Waals surface area contributed by atoms with Crippen LogP contribution in [0.1, 0.15) is 29.6 Å². The van der Waals surface area contributed by atoms with Gasteiger partial charge in [-0.05, 0) is 62.0 Å². The second kappa shape index (κ2) is 7.23. The van der Waals surface area contributed by atoms with Gasteiger partial charge in [0.1, 0.15) is 6.54 Å². The van der Waals surface area contributed by atoms with Gasteiger partial charge in [-0.3, -0.25) is 14.4 Å². The van der Waals surface area contributed by atoms with Crippen molar-refractivity contribution in [1.29, 1.82) is 0 Å². The Kier molecular flexibility index (Phi) is 5.03. The number of ether oxygens (including phenoxy) is 1. The number of hydrogen-bond acceptors (Lipinski definition) is 5. The van der Waals surface area contributed by atoms with Crippen molar-refractivity contribution in [2.75, 3.05) is 32.1 Å². The molecule has 0 radical (unpaired) electrons. The number of amides is 2. The van der Waals surface area contributed by atoms with Crippen molar-refractivity contribution in [3.05, 3.63) is 29.8 Å². The van der Waals surface area contributed by atoms with E-state index in [2.05, 4.69) is 20.7 Å². The minimum absolute atomic E-state index is 0.0600. The third-order valence-electron chi connectivity index (χ3n) is 5.14. The monoisotopic (exact) mass is 345 g/mol. The lowest BCUT2D eigenvalue weighted by molar-refractivity contribution is -0.139. The summed E-state index contributed by atoms with van der Waals surface area (Å²) in [6, 6.07) is 6.63. The van der Waals surface area contributed by atoms with Gasteiger partial charge in [-0.15, -0.1) is 0 Å². The number of carbonyl (C=O) groups is 3. The molecule has 0 bridgehead atoms. The van der Waals surface area contributed by atoms with Crippen LogP contribution in [0.25, 0.3) is 0 Å². The molecule has 3 N–H and O–H groups in total. The number of piperidine rings is 1. The molecule has 1 saturated heterocycles. The largest absolute Gasteiger partial charge is 0.468 e. The van der Waals surface area contributed by atoms with Crippen molar-refractivity contribution >= 4 is 23.5 Å². The van der Waals surface area contributed by atoms with Crippen LogP contribution in [0.4, 0.5) is 5.69 Å². The van der Waals surface area contributed by atoms with E-state index < -0.39 is 5.97 Å². The lowest BCUT2D eigenvalue weighted by Gasteiger charge is -2.23. The maximum Gasteiger partial charge on any atom is 0.325 e. The first-order valence-corrected chi connectivity index (χ1v) is 8.51. The molecule has 2 aliphatic rings. The maximum atomic E-state index is 12.4. The number of anilines is 1. The second-order valence-electron chi connectivity index (χ2n) is 6.69. The minimum Gasteiger partial charge on any atom is -0.468 e. The van der Waals surface area contributed by atoms with Gasteiger partial charge >= 0.3 is 5.97 Å². The standard InChI is InChI=1S/C18H23N3O4/c1-25-15(22)11-20-16(23)12-2-4-13(5-3-12)21-17(24)14-10-18(14)6-8-19-9-7-18/h2-5,14,19H,6-11H2,1H3,(H,20,23)(H,21,24). The Morgan fingerprint density at radius 3 is 2.52 bits per heavy atom. The molecule has 7 nitrogen and oxygen atoms in total. The zero-order valence-corrected chi connectivity index (χ0v) is 14.3. The van der Waals surface area contributed by atoms with Crippen LogP contribution in [0.2, 0.25) is 0 Å². The summed E-state index contributed by atoms with van der Waals surface area (Å²) in [4.78, 5) is 35.4. The smallest absolute Gasteiger partial charge is 0.325 e. The summed E-state index contributed by atoms with van der Waals surface area (Å²) in [5, 5.41) is 8.73. The average Bonchev–Trinajstić information content (AvgIpc) is 3.33. The van der Waals surface area contributed by atoms with E-state index in [-0.39, 0.29) is 29.7 Å². The molecule has 1 atom stereocenters. The van der Waals surface area contributed by atoms with Crippen LogP contribution in [0.15, 0.2) is 24.3 Å². The van der Waals surface area contributed by atoms with Gasteiger partial charge in [-0.2, -0.15) is 0 Å². The predicted octanol–water partition coefficient (Wildman–Crippen LogP) is 0.918. The molecule has 1 aliphatic carbocycles. The van der Waals surface area contributed by atoms with Crippen molar-refractivity contribution in [1.82, 2.24) is 10.6 Å². The summed E-state index contributed by atoms with van der Waals surface area (Å²) < 4.78 is 4.47. The van der Waals surface area contributed by atoms with Gasteiger partial charge in [0, 0.05) is 17.2 Å². The van der Waals surface area contributed by atoms with Gasteiger partial charge in [0.05, 0.1) is 7.11 Å². The van der Waals surface area contributed by atoms with Gasteiger partial charge in [-0.25, -0.2) is 0 Å². The van der Waals surface area contributed by atoms with E-state index in [4.69, 9.17) is 0 Å².